The molecule has 0 bridgehead atoms. The van der Waals surface area contributed by atoms with Crippen LogP contribution in [0.25, 0.3) is 0 Å². The first kappa shape index (κ1) is 8.44. The van der Waals surface area contributed by atoms with Crippen LogP contribution in [0.1, 0.15) is 0 Å². The molecule has 0 aliphatic rings. The lowest BCUT2D eigenvalue weighted by molar-refractivity contribution is -0.143. The van der Waals surface area contributed by atoms with Gasteiger partial charge in [-0.2, -0.15) is 5.90 Å². The molecule has 0 spiro atoms. The summed E-state index contributed by atoms with van der Waals surface area (Å²) in [4.78, 5) is 27.8. The second-order valence-electron chi connectivity index (χ2n) is 1.13. The summed E-state index contributed by atoms with van der Waals surface area (Å²) in [6.45, 7) is 3.07. The Hall–Kier alpha value is -1.56. The first-order chi connectivity index (χ1) is 4.70. The SMILES string of the molecule is C=CC(=O)ONC(=O)ON. The number of amides is 1. The lowest BCUT2D eigenvalue weighted by atomic mass is 10.7. The Morgan fingerprint density at radius 1 is 1.60 bits per heavy atom. The van der Waals surface area contributed by atoms with E-state index in [9.17, 15) is 9.59 Å². The van der Waals surface area contributed by atoms with Crippen LogP contribution >= 0.6 is 0 Å². The van der Waals surface area contributed by atoms with Crippen LogP contribution in [0.4, 0.5) is 4.79 Å². The van der Waals surface area contributed by atoms with Gasteiger partial charge in [-0.1, -0.05) is 6.58 Å². The molecular formula is C4H6N2O4. The van der Waals surface area contributed by atoms with Gasteiger partial charge in [0.15, 0.2) is 0 Å². The smallest absolute Gasteiger partial charge is 0.355 e. The number of hydrogen-bond donors (Lipinski definition) is 2. The van der Waals surface area contributed by atoms with Crippen LogP contribution in [0.3, 0.4) is 0 Å². The van der Waals surface area contributed by atoms with E-state index in [0.717, 1.165) is 6.08 Å². The Morgan fingerprint density at radius 3 is 2.60 bits per heavy atom. The third kappa shape index (κ3) is 3.44. The lowest BCUT2D eigenvalue weighted by Gasteiger charge is -1.98. The first-order valence-corrected chi connectivity index (χ1v) is 2.20. The van der Waals surface area contributed by atoms with E-state index in [1.165, 1.54) is 0 Å². The molecule has 3 N–H and O–H groups in total. The van der Waals surface area contributed by atoms with Crippen molar-refractivity contribution < 1.29 is 19.3 Å². The molecule has 0 atom stereocenters. The van der Waals surface area contributed by atoms with Gasteiger partial charge in [-0.15, -0.1) is 5.48 Å². The molecule has 10 heavy (non-hydrogen) atoms. The molecule has 0 aliphatic heterocycles. The van der Waals surface area contributed by atoms with Crippen LogP contribution in [0.15, 0.2) is 12.7 Å². The minimum absolute atomic E-state index is 0.801. The zero-order valence-corrected chi connectivity index (χ0v) is 4.99. The molecule has 0 aliphatic carbocycles. The molecule has 6 heteroatoms. The zero-order valence-electron chi connectivity index (χ0n) is 4.99. The molecule has 0 aromatic heterocycles. The Labute approximate surface area is 56.5 Å². The summed E-state index contributed by atoms with van der Waals surface area (Å²) >= 11 is 0. The average molecular weight is 146 g/mol. The number of rotatable bonds is 1. The minimum atomic E-state index is -1.06. The van der Waals surface area contributed by atoms with E-state index in [1.54, 1.807) is 5.48 Å². The van der Waals surface area contributed by atoms with E-state index >= 15 is 0 Å². The van der Waals surface area contributed by atoms with Crippen molar-refractivity contribution in [3.63, 3.8) is 0 Å². The summed E-state index contributed by atoms with van der Waals surface area (Å²) in [5, 5.41) is 0. The highest BCUT2D eigenvalue weighted by Crippen LogP contribution is 1.74. The standard InChI is InChI=1S/C4H6N2O4/c1-2-3(7)10-6-4(8)9-5/h2H,1,5H2,(H,6,8). The maximum Gasteiger partial charge on any atom is 0.459 e. The molecule has 0 saturated heterocycles. The molecule has 0 rings (SSSR count). The third-order valence-corrected chi connectivity index (χ3v) is 0.509. The molecule has 6 nitrogen and oxygen atoms in total. The third-order valence-electron chi connectivity index (χ3n) is 0.509. The Kier molecular flexibility index (Phi) is 3.66. The lowest BCUT2D eigenvalue weighted by Crippen LogP contribution is -2.28. The highest BCUT2D eigenvalue weighted by Gasteiger charge is 2.00. The van der Waals surface area contributed by atoms with Crippen molar-refractivity contribution in [1.82, 2.24) is 5.48 Å². The van der Waals surface area contributed by atoms with E-state index < -0.39 is 12.1 Å². The van der Waals surface area contributed by atoms with E-state index in [-0.39, 0.29) is 0 Å². The van der Waals surface area contributed by atoms with Crippen LogP contribution < -0.4 is 11.4 Å². The Bertz CT molecular complexity index is 155. The van der Waals surface area contributed by atoms with Crippen LogP contribution in [-0.2, 0) is 14.5 Å². The predicted molar refractivity (Wildman–Crippen MR) is 30.1 cm³/mol. The Morgan fingerprint density at radius 2 is 2.20 bits per heavy atom. The molecule has 0 aromatic carbocycles. The number of hydroxylamine groups is 1. The number of carbonyl (C=O) groups excluding carboxylic acids is 2. The molecule has 0 unspecified atom stereocenters. The van der Waals surface area contributed by atoms with E-state index in [1.807, 2.05) is 0 Å². The molecule has 0 fully saturated rings. The minimum Gasteiger partial charge on any atom is -0.355 e. The predicted octanol–water partition coefficient (Wildman–Crippen LogP) is -0.770. The maximum absolute atomic E-state index is 10.2. The van der Waals surface area contributed by atoms with Gasteiger partial charge in [-0.05, 0) is 0 Å². The molecule has 0 heterocycles. The molecule has 1 amide bonds. The van der Waals surface area contributed by atoms with Crippen LogP contribution in [-0.4, -0.2) is 12.1 Å². The summed E-state index contributed by atoms with van der Waals surface area (Å²) in [5.74, 6) is 3.57. The fourth-order valence-corrected chi connectivity index (χ4v) is 0.158. The highest BCUT2D eigenvalue weighted by molar-refractivity contribution is 5.82. The van der Waals surface area contributed by atoms with Crippen molar-refractivity contribution >= 4 is 12.1 Å². The van der Waals surface area contributed by atoms with Crippen molar-refractivity contribution in [1.29, 1.82) is 0 Å². The number of hydrogen-bond acceptors (Lipinski definition) is 5. The van der Waals surface area contributed by atoms with Crippen molar-refractivity contribution in [2.45, 2.75) is 0 Å². The molecule has 0 radical (unpaired) electrons. The van der Waals surface area contributed by atoms with E-state index in [0.29, 0.717) is 0 Å². The number of nitrogens with two attached hydrogens (primary N) is 1. The van der Waals surface area contributed by atoms with Gasteiger partial charge in [0.2, 0.25) is 0 Å². The van der Waals surface area contributed by atoms with Gasteiger partial charge in [0.1, 0.15) is 0 Å². The fourth-order valence-electron chi connectivity index (χ4n) is 0.158. The van der Waals surface area contributed by atoms with Crippen molar-refractivity contribution in [2.75, 3.05) is 0 Å². The van der Waals surface area contributed by atoms with Crippen LogP contribution in [0.2, 0.25) is 0 Å². The summed E-state index contributed by atoms with van der Waals surface area (Å²) in [5.41, 5.74) is 1.58. The van der Waals surface area contributed by atoms with Gasteiger partial charge < -0.3 is 9.68 Å². The number of nitrogens with one attached hydrogen (secondary N) is 1. The summed E-state index contributed by atoms with van der Waals surface area (Å²) in [6.07, 6.45) is -0.188. The second-order valence-corrected chi connectivity index (χ2v) is 1.13. The zero-order chi connectivity index (χ0) is 7.98. The quantitative estimate of drug-likeness (QED) is 0.374. The van der Waals surface area contributed by atoms with Gasteiger partial charge in [0.25, 0.3) is 0 Å². The summed E-state index contributed by atoms with van der Waals surface area (Å²) < 4.78 is 0. The molecule has 56 valence electrons. The van der Waals surface area contributed by atoms with Gasteiger partial charge in [-0.3, -0.25) is 0 Å². The fraction of sp³-hybridized carbons (Fsp3) is 0. The number of carbonyl (C=O) groups is 2. The van der Waals surface area contributed by atoms with Crippen LogP contribution in [0, 0.1) is 0 Å². The second kappa shape index (κ2) is 4.33. The normalized spacial score (nSPS) is 7.70. The maximum atomic E-state index is 10.2. The summed E-state index contributed by atoms with van der Waals surface area (Å²) in [6, 6.07) is 0. The average Bonchev–Trinajstić information content (AvgIpc) is 1.99. The topological polar surface area (TPSA) is 90.6 Å². The van der Waals surface area contributed by atoms with E-state index in [2.05, 4.69) is 22.2 Å². The Balaban J connectivity index is 3.44. The van der Waals surface area contributed by atoms with Gasteiger partial charge in [0, 0.05) is 6.08 Å². The van der Waals surface area contributed by atoms with E-state index in [4.69, 9.17) is 0 Å². The largest absolute Gasteiger partial charge is 0.459 e. The molecular weight excluding hydrogens is 140 g/mol. The highest BCUT2D eigenvalue weighted by atomic mass is 16.8. The first-order valence-electron chi connectivity index (χ1n) is 2.20. The monoisotopic (exact) mass is 146 g/mol. The van der Waals surface area contributed by atoms with Crippen molar-refractivity contribution in [3.05, 3.63) is 12.7 Å². The van der Waals surface area contributed by atoms with Crippen LogP contribution in [0.5, 0.6) is 0 Å². The molecule has 0 saturated carbocycles. The van der Waals surface area contributed by atoms with Gasteiger partial charge in [0.05, 0.1) is 0 Å². The summed E-state index contributed by atoms with van der Waals surface area (Å²) in [7, 11) is 0. The van der Waals surface area contributed by atoms with Crippen molar-refractivity contribution in [2.24, 2.45) is 5.90 Å². The van der Waals surface area contributed by atoms with Crippen molar-refractivity contribution in [3.8, 4) is 0 Å². The van der Waals surface area contributed by atoms with Gasteiger partial charge in [-0.25, -0.2) is 9.59 Å². The molecule has 0 aromatic rings. The van der Waals surface area contributed by atoms with Gasteiger partial charge >= 0.3 is 12.1 Å².